The molecule has 0 aliphatic carbocycles. The molecule has 1 aliphatic rings. The summed E-state index contributed by atoms with van der Waals surface area (Å²) in [4.78, 5) is 12.9. The second kappa shape index (κ2) is 9.63. The maximum Gasteiger partial charge on any atom is 0.256 e. The standard InChI is InChI=1S/C15H16F2NO2S.Y/c1-21-10-20-12-7-5-11(6-8-12)13-3-2-4-15(19)18(13)9-14(16)17;/h5-8,14H,2,4,9-10H2,1H3;/q-1;. The van der Waals surface area contributed by atoms with Gasteiger partial charge in [-0.3, -0.25) is 4.79 Å². The van der Waals surface area contributed by atoms with Gasteiger partial charge in [0.25, 0.3) is 6.43 Å². The Hall–Kier alpha value is -0.456. The zero-order chi connectivity index (χ0) is 15.2. The number of amides is 1. The van der Waals surface area contributed by atoms with Crippen molar-refractivity contribution in [2.24, 2.45) is 0 Å². The van der Waals surface area contributed by atoms with Crippen LogP contribution < -0.4 is 4.74 Å². The second-order valence-electron chi connectivity index (χ2n) is 4.50. The molecule has 7 heteroatoms. The molecule has 1 heterocycles. The first-order valence-electron chi connectivity index (χ1n) is 6.53. The Kier molecular flexibility index (Phi) is 8.58. The molecule has 1 aromatic carbocycles. The number of halogens is 2. The zero-order valence-electron chi connectivity index (χ0n) is 12.2. The summed E-state index contributed by atoms with van der Waals surface area (Å²) < 4.78 is 30.7. The smallest absolute Gasteiger partial charge is 0.256 e. The topological polar surface area (TPSA) is 29.5 Å². The number of nitrogens with zero attached hydrogens (tertiary/aromatic N) is 1. The molecule has 3 nitrogen and oxygen atoms in total. The number of hydrogen-bond acceptors (Lipinski definition) is 3. The van der Waals surface area contributed by atoms with Crippen LogP contribution in [-0.4, -0.2) is 36.0 Å². The first-order valence-corrected chi connectivity index (χ1v) is 7.92. The molecule has 0 N–H and O–H groups in total. The molecular weight excluding hydrogens is 385 g/mol. The Morgan fingerprint density at radius 3 is 2.64 bits per heavy atom. The van der Waals surface area contributed by atoms with Gasteiger partial charge in [-0.2, -0.15) is 5.56 Å². The van der Waals surface area contributed by atoms with Gasteiger partial charge in [0.2, 0.25) is 5.91 Å². The molecule has 0 saturated carbocycles. The van der Waals surface area contributed by atoms with Crippen LogP contribution in [0.3, 0.4) is 0 Å². The predicted molar refractivity (Wildman–Crippen MR) is 79.1 cm³/mol. The van der Waals surface area contributed by atoms with Crippen LogP contribution in [0, 0.1) is 6.08 Å². The van der Waals surface area contributed by atoms with Crippen LogP contribution >= 0.6 is 11.8 Å². The van der Waals surface area contributed by atoms with Crippen molar-refractivity contribution >= 4 is 23.4 Å². The number of carbonyl (C=O) groups is 1. The third-order valence-corrected chi connectivity index (χ3v) is 3.35. The number of carbonyl (C=O) groups excluding carboxylic acids is 1. The SMILES string of the molecule is CSCOc1ccc(C2=[C-]CCC(=O)N2CC(F)F)cc1.[Y]. The van der Waals surface area contributed by atoms with Gasteiger partial charge in [0, 0.05) is 39.1 Å². The summed E-state index contributed by atoms with van der Waals surface area (Å²) in [6, 6.07) is 7.05. The molecule has 0 spiro atoms. The van der Waals surface area contributed by atoms with Gasteiger partial charge in [0.05, 0.1) is 6.54 Å². The van der Waals surface area contributed by atoms with Crippen LogP contribution in [0.5, 0.6) is 5.75 Å². The summed E-state index contributed by atoms with van der Waals surface area (Å²) in [5.41, 5.74) is 1.13. The molecule has 0 saturated heterocycles. The van der Waals surface area contributed by atoms with Crippen molar-refractivity contribution in [2.45, 2.75) is 19.3 Å². The van der Waals surface area contributed by atoms with Gasteiger partial charge in [-0.1, -0.05) is 0 Å². The third kappa shape index (κ3) is 5.32. The minimum Gasteiger partial charge on any atom is -0.483 e. The first-order chi connectivity index (χ1) is 10.1. The van der Waals surface area contributed by atoms with Crippen molar-refractivity contribution in [1.82, 2.24) is 4.90 Å². The van der Waals surface area contributed by atoms with E-state index in [1.807, 2.05) is 6.26 Å². The molecule has 0 bridgehead atoms. The maximum atomic E-state index is 12.6. The number of alkyl halides is 2. The van der Waals surface area contributed by atoms with Gasteiger partial charge in [-0.15, -0.1) is 36.0 Å². The van der Waals surface area contributed by atoms with Crippen molar-refractivity contribution in [3.8, 4) is 5.75 Å². The molecule has 1 amide bonds. The molecule has 1 radical (unpaired) electrons. The number of allylic oxidation sites excluding steroid dienone is 1. The number of ether oxygens (including phenoxy) is 1. The number of hydrogen-bond donors (Lipinski definition) is 0. The predicted octanol–water partition coefficient (Wildman–Crippen LogP) is 3.41. The molecule has 0 aromatic heterocycles. The Morgan fingerprint density at radius 2 is 2.05 bits per heavy atom. The van der Waals surface area contributed by atoms with Gasteiger partial charge in [-0.25, -0.2) is 14.9 Å². The van der Waals surface area contributed by atoms with Crippen molar-refractivity contribution in [1.29, 1.82) is 0 Å². The molecule has 117 valence electrons. The molecule has 1 aromatic rings. The van der Waals surface area contributed by atoms with Crippen molar-refractivity contribution in [3.63, 3.8) is 0 Å². The fourth-order valence-electron chi connectivity index (χ4n) is 2.07. The quantitative estimate of drug-likeness (QED) is 0.541. The number of benzene rings is 1. The Bertz CT molecular complexity index is 523. The summed E-state index contributed by atoms with van der Waals surface area (Å²) in [6.07, 6.45) is 3.08. The van der Waals surface area contributed by atoms with Gasteiger partial charge < -0.3 is 9.64 Å². The van der Waals surface area contributed by atoms with Crippen LogP contribution in [0.25, 0.3) is 5.70 Å². The average molecular weight is 401 g/mol. The Morgan fingerprint density at radius 1 is 1.36 bits per heavy atom. The van der Waals surface area contributed by atoms with E-state index in [1.54, 1.807) is 36.0 Å². The van der Waals surface area contributed by atoms with Crippen molar-refractivity contribution in [2.75, 3.05) is 18.7 Å². The maximum absolute atomic E-state index is 12.6. The van der Waals surface area contributed by atoms with E-state index in [-0.39, 0.29) is 45.0 Å². The normalized spacial score (nSPS) is 14.6. The molecule has 0 fully saturated rings. The Labute approximate surface area is 158 Å². The minimum absolute atomic E-state index is 0. The van der Waals surface area contributed by atoms with E-state index >= 15 is 0 Å². The molecule has 1 aliphatic heterocycles. The zero-order valence-corrected chi connectivity index (χ0v) is 15.9. The van der Waals surface area contributed by atoms with Gasteiger partial charge in [-0.05, 0) is 18.4 Å². The minimum atomic E-state index is -2.56. The van der Waals surface area contributed by atoms with E-state index in [4.69, 9.17) is 4.74 Å². The van der Waals surface area contributed by atoms with E-state index in [2.05, 4.69) is 6.08 Å². The number of thioether (sulfide) groups is 1. The van der Waals surface area contributed by atoms with E-state index in [9.17, 15) is 13.6 Å². The second-order valence-corrected chi connectivity index (χ2v) is 5.31. The monoisotopic (exact) mass is 401 g/mol. The van der Waals surface area contributed by atoms with E-state index < -0.39 is 13.0 Å². The summed E-state index contributed by atoms with van der Waals surface area (Å²) in [5, 5.41) is 0. The Balaban J connectivity index is 0.00000242. The molecular formula is C15H16F2NO2SY-. The van der Waals surface area contributed by atoms with Crippen molar-refractivity contribution in [3.05, 3.63) is 35.9 Å². The summed E-state index contributed by atoms with van der Waals surface area (Å²) >= 11 is 1.56. The van der Waals surface area contributed by atoms with E-state index in [1.165, 1.54) is 0 Å². The fraction of sp³-hybridized carbons (Fsp3) is 0.400. The average Bonchev–Trinajstić information content (AvgIpc) is 2.47. The largest absolute Gasteiger partial charge is 0.483 e. The van der Waals surface area contributed by atoms with E-state index in [0.29, 0.717) is 29.4 Å². The first kappa shape index (κ1) is 19.6. The molecule has 22 heavy (non-hydrogen) atoms. The summed E-state index contributed by atoms with van der Waals surface area (Å²) in [6.45, 7) is -0.591. The van der Waals surface area contributed by atoms with Gasteiger partial charge >= 0.3 is 0 Å². The molecule has 0 atom stereocenters. The van der Waals surface area contributed by atoms with Gasteiger partial charge in [0.1, 0.15) is 11.7 Å². The third-order valence-electron chi connectivity index (χ3n) is 2.99. The van der Waals surface area contributed by atoms with Crippen LogP contribution in [0.1, 0.15) is 18.4 Å². The van der Waals surface area contributed by atoms with E-state index in [0.717, 1.165) is 4.90 Å². The van der Waals surface area contributed by atoms with Gasteiger partial charge in [0.15, 0.2) is 0 Å². The van der Waals surface area contributed by atoms with Crippen LogP contribution in [0.4, 0.5) is 8.78 Å². The number of rotatable bonds is 6. The summed E-state index contributed by atoms with van der Waals surface area (Å²) in [5.74, 6) is 0.965. The van der Waals surface area contributed by atoms with Crippen LogP contribution in [0.15, 0.2) is 24.3 Å². The van der Waals surface area contributed by atoms with Crippen LogP contribution in [-0.2, 0) is 37.5 Å². The molecule has 0 unspecified atom stereocenters. The van der Waals surface area contributed by atoms with Crippen LogP contribution in [0.2, 0.25) is 0 Å². The molecule has 2 rings (SSSR count). The summed E-state index contributed by atoms with van der Waals surface area (Å²) in [7, 11) is 0. The van der Waals surface area contributed by atoms with Crippen molar-refractivity contribution < 1.29 is 51.0 Å². The fourth-order valence-corrected chi connectivity index (χ4v) is 2.32.